The molecule has 1 aromatic rings. The number of carbonyl (C=O) groups is 2. The predicted molar refractivity (Wildman–Crippen MR) is 76.0 cm³/mol. The Morgan fingerprint density at radius 3 is 3.10 bits per heavy atom. The van der Waals surface area contributed by atoms with Gasteiger partial charge in [-0.1, -0.05) is 0 Å². The van der Waals surface area contributed by atoms with E-state index in [1.165, 1.54) is 0 Å². The maximum Gasteiger partial charge on any atom is 0.242 e. The molecular formula is C13H18N4O2S. The highest BCUT2D eigenvalue weighted by Crippen LogP contribution is 2.21. The van der Waals surface area contributed by atoms with Gasteiger partial charge >= 0.3 is 0 Å². The van der Waals surface area contributed by atoms with Crippen molar-refractivity contribution in [2.24, 2.45) is 0 Å². The van der Waals surface area contributed by atoms with E-state index in [2.05, 4.69) is 5.10 Å². The highest BCUT2D eigenvalue weighted by molar-refractivity contribution is 8.00. The smallest absolute Gasteiger partial charge is 0.242 e. The zero-order valence-corrected chi connectivity index (χ0v) is 12.1. The van der Waals surface area contributed by atoms with Crippen molar-refractivity contribution in [1.29, 1.82) is 0 Å². The highest BCUT2D eigenvalue weighted by Gasteiger charge is 2.32. The van der Waals surface area contributed by atoms with E-state index in [-0.39, 0.29) is 24.4 Å². The van der Waals surface area contributed by atoms with E-state index in [1.807, 2.05) is 21.8 Å². The lowest BCUT2D eigenvalue weighted by molar-refractivity contribution is -0.138. The number of hydrogen-bond donors (Lipinski definition) is 0. The van der Waals surface area contributed by atoms with E-state index < -0.39 is 0 Å². The molecule has 3 heterocycles. The quantitative estimate of drug-likeness (QED) is 0.807. The highest BCUT2D eigenvalue weighted by atomic mass is 32.2. The summed E-state index contributed by atoms with van der Waals surface area (Å²) >= 11 is 1.57. The Balaban J connectivity index is 1.59. The standard InChI is InChI=1S/C13H18N4O2S/c18-12(8-15-10-20-9-13(15)19)17-6-1-3-11(17)7-16-5-2-4-14-16/h2,4-5,11H,1,3,6-10H2/t11-/m0/s1. The van der Waals surface area contributed by atoms with Crippen LogP contribution in [0.4, 0.5) is 0 Å². The van der Waals surface area contributed by atoms with Gasteiger partial charge in [-0.05, 0) is 18.9 Å². The van der Waals surface area contributed by atoms with E-state index in [0.717, 1.165) is 25.9 Å². The number of likely N-dealkylation sites (tertiary alicyclic amines) is 1. The third-order valence-electron chi connectivity index (χ3n) is 3.81. The minimum Gasteiger partial charge on any atom is -0.336 e. The minimum atomic E-state index is 0.0653. The molecule has 0 radical (unpaired) electrons. The average Bonchev–Trinajstić information content (AvgIpc) is 3.14. The maximum atomic E-state index is 12.4. The fourth-order valence-corrected chi connectivity index (χ4v) is 3.68. The SMILES string of the molecule is O=C1CSCN1CC(=O)N1CCC[C@H]1Cn1cccn1. The summed E-state index contributed by atoms with van der Waals surface area (Å²) in [6.45, 7) is 1.75. The normalized spacial score (nSPS) is 22.8. The molecule has 0 aromatic carbocycles. The first-order valence-electron chi connectivity index (χ1n) is 6.86. The van der Waals surface area contributed by atoms with Crippen LogP contribution >= 0.6 is 11.8 Å². The van der Waals surface area contributed by atoms with Gasteiger partial charge in [0.1, 0.15) is 6.54 Å². The predicted octanol–water partition coefficient (Wildman–Crippen LogP) is 0.407. The van der Waals surface area contributed by atoms with Gasteiger partial charge in [0.25, 0.3) is 0 Å². The number of aromatic nitrogens is 2. The number of amides is 2. The van der Waals surface area contributed by atoms with Gasteiger partial charge in [-0.15, -0.1) is 11.8 Å². The van der Waals surface area contributed by atoms with Gasteiger partial charge in [-0.2, -0.15) is 5.10 Å². The molecular weight excluding hydrogens is 276 g/mol. The van der Waals surface area contributed by atoms with Crippen LogP contribution in [0.15, 0.2) is 18.5 Å². The molecule has 2 fully saturated rings. The summed E-state index contributed by atoms with van der Waals surface area (Å²) in [6, 6.07) is 2.09. The van der Waals surface area contributed by atoms with Gasteiger partial charge in [-0.3, -0.25) is 14.3 Å². The Morgan fingerprint density at radius 2 is 2.40 bits per heavy atom. The molecule has 0 unspecified atom stereocenters. The zero-order chi connectivity index (χ0) is 13.9. The molecule has 0 spiro atoms. The topological polar surface area (TPSA) is 58.4 Å². The molecule has 0 aliphatic carbocycles. The van der Waals surface area contributed by atoms with Crippen molar-refractivity contribution >= 4 is 23.6 Å². The van der Waals surface area contributed by atoms with E-state index in [0.29, 0.717) is 11.6 Å². The molecule has 7 heteroatoms. The fourth-order valence-electron chi connectivity index (χ4n) is 2.77. The summed E-state index contributed by atoms with van der Waals surface area (Å²) in [4.78, 5) is 27.5. The number of carbonyl (C=O) groups excluding carboxylic acids is 2. The first-order valence-corrected chi connectivity index (χ1v) is 8.02. The van der Waals surface area contributed by atoms with Gasteiger partial charge in [-0.25, -0.2) is 0 Å². The molecule has 2 amide bonds. The molecule has 2 aliphatic heterocycles. The van der Waals surface area contributed by atoms with Gasteiger partial charge in [0.15, 0.2) is 0 Å². The molecule has 3 rings (SSSR count). The van der Waals surface area contributed by atoms with Crippen molar-refractivity contribution in [3.63, 3.8) is 0 Å². The second-order valence-electron chi connectivity index (χ2n) is 5.18. The largest absolute Gasteiger partial charge is 0.336 e. The van der Waals surface area contributed by atoms with Crippen LogP contribution in [0.25, 0.3) is 0 Å². The van der Waals surface area contributed by atoms with Gasteiger partial charge < -0.3 is 9.80 Å². The van der Waals surface area contributed by atoms with Crippen LogP contribution in [0.5, 0.6) is 0 Å². The van der Waals surface area contributed by atoms with Crippen LogP contribution in [-0.2, 0) is 16.1 Å². The molecule has 1 aromatic heterocycles. The van der Waals surface area contributed by atoms with Gasteiger partial charge in [0.05, 0.1) is 24.2 Å². The molecule has 0 bridgehead atoms. The first kappa shape index (κ1) is 13.5. The third kappa shape index (κ3) is 2.82. The van der Waals surface area contributed by atoms with E-state index in [4.69, 9.17) is 0 Å². The number of hydrogen-bond acceptors (Lipinski definition) is 4. The average molecular weight is 294 g/mol. The van der Waals surface area contributed by atoms with Crippen molar-refractivity contribution in [2.45, 2.75) is 25.4 Å². The summed E-state index contributed by atoms with van der Waals surface area (Å²) in [5.74, 6) is 1.29. The summed E-state index contributed by atoms with van der Waals surface area (Å²) in [5.41, 5.74) is 0. The minimum absolute atomic E-state index is 0.0653. The molecule has 20 heavy (non-hydrogen) atoms. The Kier molecular flexibility index (Phi) is 3.95. The Bertz CT molecular complexity index is 491. The molecule has 2 aliphatic rings. The lowest BCUT2D eigenvalue weighted by Gasteiger charge is -2.26. The molecule has 6 nitrogen and oxygen atoms in total. The molecule has 108 valence electrons. The van der Waals surface area contributed by atoms with Crippen molar-refractivity contribution in [1.82, 2.24) is 19.6 Å². The molecule has 2 saturated heterocycles. The summed E-state index contributed by atoms with van der Waals surface area (Å²) in [5, 5.41) is 4.20. The molecule has 0 saturated carbocycles. The second-order valence-corrected chi connectivity index (χ2v) is 6.14. The monoisotopic (exact) mass is 294 g/mol. The Labute approximate surface area is 122 Å². The van der Waals surface area contributed by atoms with Crippen LogP contribution in [0.1, 0.15) is 12.8 Å². The molecule has 1 atom stereocenters. The zero-order valence-electron chi connectivity index (χ0n) is 11.3. The lowest BCUT2D eigenvalue weighted by Crippen LogP contribution is -2.44. The summed E-state index contributed by atoms with van der Waals surface area (Å²) < 4.78 is 1.87. The van der Waals surface area contributed by atoms with Gasteiger partial charge in [0, 0.05) is 18.9 Å². The second kappa shape index (κ2) is 5.87. The van der Waals surface area contributed by atoms with E-state index in [1.54, 1.807) is 22.9 Å². The van der Waals surface area contributed by atoms with Crippen molar-refractivity contribution in [2.75, 3.05) is 24.7 Å². The van der Waals surface area contributed by atoms with Crippen LogP contribution < -0.4 is 0 Å². The number of thioether (sulfide) groups is 1. The van der Waals surface area contributed by atoms with Crippen molar-refractivity contribution in [3.05, 3.63) is 18.5 Å². The Hall–Kier alpha value is -1.50. The van der Waals surface area contributed by atoms with Crippen molar-refractivity contribution < 1.29 is 9.59 Å². The van der Waals surface area contributed by atoms with Crippen molar-refractivity contribution in [3.8, 4) is 0 Å². The van der Waals surface area contributed by atoms with Gasteiger partial charge in [0.2, 0.25) is 11.8 Å². The van der Waals surface area contributed by atoms with E-state index in [9.17, 15) is 9.59 Å². The Morgan fingerprint density at radius 1 is 1.50 bits per heavy atom. The molecule has 0 N–H and O–H groups in total. The third-order valence-corrected chi connectivity index (χ3v) is 4.75. The summed E-state index contributed by atoms with van der Waals surface area (Å²) in [7, 11) is 0. The summed E-state index contributed by atoms with van der Waals surface area (Å²) in [6.07, 6.45) is 5.71. The maximum absolute atomic E-state index is 12.4. The van der Waals surface area contributed by atoms with Crippen LogP contribution in [0.3, 0.4) is 0 Å². The number of rotatable bonds is 4. The first-order chi connectivity index (χ1) is 9.74. The number of nitrogens with zero attached hydrogens (tertiary/aromatic N) is 4. The van der Waals surface area contributed by atoms with Crippen LogP contribution in [-0.4, -0.2) is 62.2 Å². The lowest BCUT2D eigenvalue weighted by atomic mass is 10.2. The van der Waals surface area contributed by atoms with E-state index >= 15 is 0 Å². The fraction of sp³-hybridized carbons (Fsp3) is 0.615. The van der Waals surface area contributed by atoms with Crippen LogP contribution in [0.2, 0.25) is 0 Å². The van der Waals surface area contributed by atoms with Crippen LogP contribution in [0, 0.1) is 0 Å².